The summed E-state index contributed by atoms with van der Waals surface area (Å²) in [6.07, 6.45) is 0.201. The Labute approximate surface area is 114 Å². The van der Waals surface area contributed by atoms with E-state index in [9.17, 15) is 8.78 Å². The fourth-order valence-electron chi connectivity index (χ4n) is 1.87. The molecule has 1 aromatic carbocycles. The van der Waals surface area contributed by atoms with E-state index in [0.29, 0.717) is 13.0 Å². The second-order valence-corrected chi connectivity index (χ2v) is 4.66. The average molecular weight is 323 g/mol. The van der Waals surface area contributed by atoms with Gasteiger partial charge in [0.15, 0.2) is 0 Å². The molecular formula is C12H17BrF2N2O. The molecule has 6 heteroatoms. The van der Waals surface area contributed by atoms with Crippen molar-refractivity contribution in [3.05, 3.63) is 33.8 Å². The summed E-state index contributed by atoms with van der Waals surface area (Å²) in [5.74, 6) is 4.12. The number of hydrogen-bond donors (Lipinski definition) is 2. The Morgan fingerprint density at radius 2 is 2.06 bits per heavy atom. The van der Waals surface area contributed by atoms with E-state index < -0.39 is 23.8 Å². The van der Waals surface area contributed by atoms with E-state index in [2.05, 4.69) is 21.4 Å². The quantitative estimate of drug-likeness (QED) is 0.481. The number of rotatable bonds is 6. The van der Waals surface area contributed by atoms with Crippen LogP contribution in [0.2, 0.25) is 0 Å². The molecule has 2 atom stereocenters. The first-order valence-electron chi connectivity index (χ1n) is 5.77. The van der Waals surface area contributed by atoms with Crippen LogP contribution in [0.4, 0.5) is 8.78 Å². The summed E-state index contributed by atoms with van der Waals surface area (Å²) in [5, 5.41) is 0. The number of halogens is 3. The molecule has 0 radical (unpaired) electrons. The Kier molecular flexibility index (Phi) is 6.14. The molecule has 3 nitrogen and oxygen atoms in total. The maximum Gasteiger partial charge on any atom is 0.145 e. The van der Waals surface area contributed by atoms with Crippen LogP contribution in [0.1, 0.15) is 31.9 Å². The molecule has 3 N–H and O–H groups in total. The van der Waals surface area contributed by atoms with Crippen molar-refractivity contribution in [2.24, 2.45) is 5.84 Å². The number of hydrazine groups is 1. The zero-order chi connectivity index (χ0) is 13.7. The van der Waals surface area contributed by atoms with Crippen molar-refractivity contribution in [2.45, 2.75) is 32.4 Å². The van der Waals surface area contributed by atoms with Crippen LogP contribution < -0.4 is 11.3 Å². The summed E-state index contributed by atoms with van der Waals surface area (Å²) >= 11 is 3.04. The van der Waals surface area contributed by atoms with Gasteiger partial charge in [-0.15, -0.1) is 0 Å². The SMILES string of the molecule is CCOC(CC)C(NN)c1c(F)ccc(Br)c1F. The molecule has 0 heterocycles. The third-order valence-corrected chi connectivity index (χ3v) is 3.34. The van der Waals surface area contributed by atoms with Crippen molar-refractivity contribution in [3.63, 3.8) is 0 Å². The summed E-state index contributed by atoms with van der Waals surface area (Å²) < 4.78 is 33.4. The smallest absolute Gasteiger partial charge is 0.145 e. The van der Waals surface area contributed by atoms with Crippen molar-refractivity contribution >= 4 is 15.9 Å². The maximum atomic E-state index is 14.0. The minimum Gasteiger partial charge on any atom is -0.376 e. The molecule has 0 aliphatic carbocycles. The van der Waals surface area contributed by atoms with Crippen LogP contribution >= 0.6 is 15.9 Å². The predicted molar refractivity (Wildman–Crippen MR) is 69.8 cm³/mol. The number of benzene rings is 1. The summed E-state index contributed by atoms with van der Waals surface area (Å²) in [5.41, 5.74) is 2.33. The van der Waals surface area contributed by atoms with Crippen molar-refractivity contribution < 1.29 is 13.5 Å². The van der Waals surface area contributed by atoms with Gasteiger partial charge in [-0.2, -0.15) is 0 Å². The van der Waals surface area contributed by atoms with Crippen LogP contribution in [-0.4, -0.2) is 12.7 Å². The molecule has 0 aliphatic rings. The Balaban J connectivity index is 3.19. The molecule has 0 bridgehead atoms. The van der Waals surface area contributed by atoms with Gasteiger partial charge < -0.3 is 4.74 Å². The zero-order valence-corrected chi connectivity index (χ0v) is 11.9. The molecule has 0 aromatic heterocycles. The maximum absolute atomic E-state index is 14.0. The third kappa shape index (κ3) is 3.26. The van der Waals surface area contributed by atoms with Crippen LogP contribution in [0.3, 0.4) is 0 Å². The molecule has 18 heavy (non-hydrogen) atoms. The number of nitrogens with two attached hydrogens (primary N) is 1. The second kappa shape index (κ2) is 7.13. The number of nitrogens with one attached hydrogen (secondary N) is 1. The minimum absolute atomic E-state index is 0.104. The largest absolute Gasteiger partial charge is 0.376 e. The Bertz CT molecular complexity index is 404. The molecule has 0 amide bonds. The van der Waals surface area contributed by atoms with Crippen molar-refractivity contribution in [3.8, 4) is 0 Å². The molecule has 2 unspecified atom stereocenters. The van der Waals surface area contributed by atoms with Gasteiger partial charge in [0, 0.05) is 12.2 Å². The van der Waals surface area contributed by atoms with Crippen molar-refractivity contribution in [1.82, 2.24) is 5.43 Å². The van der Waals surface area contributed by atoms with Gasteiger partial charge in [0.1, 0.15) is 11.6 Å². The molecule has 0 spiro atoms. The Hall–Kier alpha value is -0.560. The van der Waals surface area contributed by atoms with Gasteiger partial charge in [-0.05, 0) is 41.4 Å². The lowest BCUT2D eigenvalue weighted by atomic mass is 9.99. The molecule has 0 saturated carbocycles. The average Bonchev–Trinajstić information content (AvgIpc) is 2.37. The molecule has 1 rings (SSSR count). The van der Waals surface area contributed by atoms with Gasteiger partial charge in [0.2, 0.25) is 0 Å². The van der Waals surface area contributed by atoms with E-state index in [1.54, 1.807) is 0 Å². The molecule has 102 valence electrons. The van der Waals surface area contributed by atoms with Crippen LogP contribution in [0.15, 0.2) is 16.6 Å². The fraction of sp³-hybridized carbons (Fsp3) is 0.500. The van der Waals surface area contributed by atoms with Crippen molar-refractivity contribution in [2.75, 3.05) is 6.61 Å². The van der Waals surface area contributed by atoms with E-state index in [1.807, 2.05) is 13.8 Å². The van der Waals surface area contributed by atoms with Gasteiger partial charge in [0.05, 0.1) is 16.6 Å². The van der Waals surface area contributed by atoms with Crippen molar-refractivity contribution in [1.29, 1.82) is 0 Å². The Morgan fingerprint density at radius 3 is 2.56 bits per heavy atom. The molecule has 1 aromatic rings. The lowest BCUT2D eigenvalue weighted by Crippen LogP contribution is -2.39. The lowest BCUT2D eigenvalue weighted by molar-refractivity contribution is 0.0295. The third-order valence-electron chi connectivity index (χ3n) is 2.72. The molecule has 0 aliphatic heterocycles. The first-order chi connectivity index (χ1) is 8.56. The normalized spacial score (nSPS) is 14.6. The van der Waals surface area contributed by atoms with Gasteiger partial charge in [-0.1, -0.05) is 6.92 Å². The van der Waals surface area contributed by atoms with E-state index in [1.165, 1.54) is 12.1 Å². The van der Waals surface area contributed by atoms with Crippen LogP contribution in [0, 0.1) is 11.6 Å². The summed E-state index contributed by atoms with van der Waals surface area (Å²) in [6, 6.07) is 1.79. The zero-order valence-electron chi connectivity index (χ0n) is 10.3. The highest BCUT2D eigenvalue weighted by molar-refractivity contribution is 9.10. The second-order valence-electron chi connectivity index (χ2n) is 3.80. The van der Waals surface area contributed by atoms with Gasteiger partial charge in [0.25, 0.3) is 0 Å². The molecular weight excluding hydrogens is 306 g/mol. The van der Waals surface area contributed by atoms with Gasteiger partial charge >= 0.3 is 0 Å². The highest BCUT2D eigenvalue weighted by Crippen LogP contribution is 2.30. The fourth-order valence-corrected chi connectivity index (χ4v) is 2.21. The number of hydrogen-bond acceptors (Lipinski definition) is 3. The topological polar surface area (TPSA) is 47.3 Å². The van der Waals surface area contributed by atoms with E-state index in [0.717, 1.165) is 0 Å². The summed E-state index contributed by atoms with van der Waals surface area (Å²) in [4.78, 5) is 0. The van der Waals surface area contributed by atoms with E-state index in [4.69, 9.17) is 10.6 Å². The summed E-state index contributed by atoms with van der Waals surface area (Å²) in [6.45, 7) is 4.15. The lowest BCUT2D eigenvalue weighted by Gasteiger charge is -2.26. The first kappa shape index (κ1) is 15.5. The minimum atomic E-state index is -0.729. The molecule has 0 fully saturated rings. The van der Waals surface area contributed by atoms with Gasteiger partial charge in [-0.3, -0.25) is 11.3 Å². The van der Waals surface area contributed by atoms with E-state index in [-0.39, 0.29) is 10.0 Å². The molecule has 0 saturated heterocycles. The monoisotopic (exact) mass is 322 g/mol. The van der Waals surface area contributed by atoms with Gasteiger partial charge in [-0.25, -0.2) is 8.78 Å². The highest BCUT2D eigenvalue weighted by Gasteiger charge is 2.28. The number of ether oxygens (including phenoxy) is 1. The van der Waals surface area contributed by atoms with E-state index >= 15 is 0 Å². The Morgan fingerprint density at radius 1 is 1.39 bits per heavy atom. The standard InChI is InChI=1S/C12H17BrF2N2O/c1-3-9(18-4-2)12(17-16)10-8(14)6-5-7(13)11(10)15/h5-6,9,12,17H,3-4,16H2,1-2H3. The summed E-state index contributed by atoms with van der Waals surface area (Å²) in [7, 11) is 0. The predicted octanol–water partition coefficient (Wildman–Crippen LogP) is 3.05. The highest BCUT2D eigenvalue weighted by atomic mass is 79.9. The first-order valence-corrected chi connectivity index (χ1v) is 6.57. The van der Waals surface area contributed by atoms with Crippen LogP contribution in [-0.2, 0) is 4.74 Å². The van der Waals surface area contributed by atoms with Crippen LogP contribution in [0.5, 0.6) is 0 Å². The van der Waals surface area contributed by atoms with Crippen LogP contribution in [0.25, 0.3) is 0 Å².